The van der Waals surface area contributed by atoms with Crippen molar-refractivity contribution in [3.8, 4) is 0 Å². The van der Waals surface area contributed by atoms with Gasteiger partial charge in [-0.1, -0.05) is 74.5 Å². The Kier molecular flexibility index (Phi) is 5.13. The molecule has 0 heterocycles. The van der Waals surface area contributed by atoms with Crippen LogP contribution < -0.4 is 10.6 Å². The molecule has 2 aromatic carbocycles. The Morgan fingerprint density at radius 1 is 0.842 bits per heavy atom. The first-order chi connectivity index (χ1) is 9.18. The molecular weight excluding hydrogens is 251 g/mol. The van der Waals surface area contributed by atoms with Crippen molar-refractivity contribution < 1.29 is 5.11 Å². The highest BCUT2D eigenvalue weighted by molar-refractivity contribution is 7.73. The highest BCUT2D eigenvalue weighted by Gasteiger charge is 2.19. The second-order valence-corrected chi connectivity index (χ2v) is 7.35. The molecule has 0 aromatic heterocycles. The van der Waals surface area contributed by atoms with Gasteiger partial charge in [0.1, 0.15) is 0 Å². The molecule has 0 aliphatic carbocycles. The molecule has 100 valence electrons. The molecule has 0 radical (unpaired) electrons. The molecule has 1 unspecified atom stereocenters. The van der Waals surface area contributed by atoms with Gasteiger partial charge in [-0.05, 0) is 24.4 Å². The van der Waals surface area contributed by atoms with E-state index in [1.165, 1.54) is 10.6 Å². The Morgan fingerprint density at radius 2 is 1.26 bits per heavy atom. The van der Waals surface area contributed by atoms with Gasteiger partial charge in [0.05, 0.1) is 6.10 Å². The molecule has 2 aromatic rings. The van der Waals surface area contributed by atoms with E-state index < -0.39 is 7.92 Å². The van der Waals surface area contributed by atoms with Crippen LogP contribution in [0.5, 0.6) is 0 Å². The number of aliphatic hydroxyl groups is 1. The van der Waals surface area contributed by atoms with Crippen LogP contribution in [0.4, 0.5) is 0 Å². The van der Waals surface area contributed by atoms with Gasteiger partial charge in [0.25, 0.3) is 0 Å². The van der Waals surface area contributed by atoms with E-state index in [2.05, 4.69) is 62.4 Å². The molecule has 0 saturated carbocycles. The second-order valence-electron chi connectivity index (χ2n) is 5.09. The van der Waals surface area contributed by atoms with Crippen LogP contribution in [0.2, 0.25) is 0 Å². The Hall–Kier alpha value is -1.17. The van der Waals surface area contributed by atoms with Crippen LogP contribution in [-0.4, -0.2) is 17.4 Å². The molecule has 2 heteroatoms. The first-order valence-corrected chi connectivity index (χ1v) is 8.27. The summed E-state index contributed by atoms with van der Waals surface area (Å²) < 4.78 is 0. The van der Waals surface area contributed by atoms with E-state index >= 15 is 0 Å². The zero-order chi connectivity index (χ0) is 13.7. The minimum atomic E-state index is -0.473. The molecule has 1 N–H and O–H groups in total. The van der Waals surface area contributed by atoms with Gasteiger partial charge >= 0.3 is 0 Å². The average Bonchev–Trinajstić information content (AvgIpc) is 2.46. The average molecular weight is 272 g/mol. The van der Waals surface area contributed by atoms with Gasteiger partial charge in [0.2, 0.25) is 0 Å². The minimum Gasteiger partial charge on any atom is -0.392 e. The number of hydrogen-bond donors (Lipinski definition) is 1. The SMILES string of the molecule is CC(C)C(O)CP(c1ccccc1)c1ccccc1. The normalized spacial score (nSPS) is 12.9. The highest BCUT2D eigenvalue weighted by Crippen LogP contribution is 2.35. The molecular formula is C17H21OP. The van der Waals surface area contributed by atoms with Crippen molar-refractivity contribution in [1.82, 2.24) is 0 Å². The van der Waals surface area contributed by atoms with Crippen molar-refractivity contribution in [2.45, 2.75) is 20.0 Å². The van der Waals surface area contributed by atoms with E-state index in [1.807, 2.05) is 12.1 Å². The molecule has 1 nitrogen and oxygen atoms in total. The summed E-state index contributed by atoms with van der Waals surface area (Å²) in [5, 5.41) is 12.9. The third-order valence-corrected chi connectivity index (χ3v) is 5.86. The van der Waals surface area contributed by atoms with Gasteiger partial charge in [-0.2, -0.15) is 0 Å². The second kappa shape index (κ2) is 6.84. The Bertz CT molecular complexity index is 442. The van der Waals surface area contributed by atoms with Crippen molar-refractivity contribution in [2.75, 3.05) is 6.16 Å². The van der Waals surface area contributed by atoms with Crippen molar-refractivity contribution in [3.05, 3.63) is 60.7 Å². The monoisotopic (exact) mass is 272 g/mol. The lowest BCUT2D eigenvalue weighted by molar-refractivity contribution is 0.148. The fourth-order valence-corrected chi connectivity index (χ4v) is 4.55. The van der Waals surface area contributed by atoms with Crippen molar-refractivity contribution >= 4 is 18.5 Å². The van der Waals surface area contributed by atoms with Crippen LogP contribution in [0.15, 0.2) is 60.7 Å². The maximum atomic E-state index is 10.2. The van der Waals surface area contributed by atoms with E-state index in [0.29, 0.717) is 5.92 Å². The van der Waals surface area contributed by atoms with Crippen LogP contribution in [0, 0.1) is 5.92 Å². The fourth-order valence-electron chi connectivity index (χ4n) is 1.97. The molecule has 0 fully saturated rings. The first kappa shape index (κ1) is 14.2. The summed E-state index contributed by atoms with van der Waals surface area (Å²) in [5.74, 6) is 0.303. The predicted molar refractivity (Wildman–Crippen MR) is 84.8 cm³/mol. The molecule has 0 amide bonds. The van der Waals surface area contributed by atoms with E-state index in [0.717, 1.165) is 6.16 Å². The van der Waals surface area contributed by atoms with E-state index in [4.69, 9.17) is 0 Å². The molecule has 0 bridgehead atoms. The maximum Gasteiger partial charge on any atom is 0.0608 e. The number of aliphatic hydroxyl groups excluding tert-OH is 1. The van der Waals surface area contributed by atoms with Crippen LogP contribution in [-0.2, 0) is 0 Å². The summed E-state index contributed by atoms with van der Waals surface area (Å²) in [6.07, 6.45) is 0.590. The van der Waals surface area contributed by atoms with E-state index in [1.54, 1.807) is 0 Å². The summed E-state index contributed by atoms with van der Waals surface area (Å²) in [4.78, 5) is 0. The van der Waals surface area contributed by atoms with Gasteiger partial charge < -0.3 is 5.11 Å². The van der Waals surface area contributed by atoms with Crippen LogP contribution in [0.25, 0.3) is 0 Å². The predicted octanol–water partition coefficient (Wildman–Crippen LogP) is 3.14. The van der Waals surface area contributed by atoms with Crippen molar-refractivity contribution in [2.24, 2.45) is 5.92 Å². The molecule has 2 rings (SSSR count). The third kappa shape index (κ3) is 3.89. The number of rotatable bonds is 5. The zero-order valence-electron chi connectivity index (χ0n) is 11.5. The van der Waals surface area contributed by atoms with E-state index in [9.17, 15) is 5.11 Å². The van der Waals surface area contributed by atoms with Crippen molar-refractivity contribution in [3.63, 3.8) is 0 Å². The lowest BCUT2D eigenvalue weighted by Crippen LogP contribution is -2.25. The topological polar surface area (TPSA) is 20.2 Å². The Balaban J connectivity index is 2.29. The lowest BCUT2D eigenvalue weighted by Gasteiger charge is -2.23. The van der Waals surface area contributed by atoms with Gasteiger partial charge in [-0.3, -0.25) is 0 Å². The number of hydrogen-bond acceptors (Lipinski definition) is 1. The summed E-state index contributed by atoms with van der Waals surface area (Å²) in [5.41, 5.74) is 0. The fraction of sp³-hybridized carbons (Fsp3) is 0.294. The Labute approximate surface area is 117 Å². The van der Waals surface area contributed by atoms with Gasteiger partial charge in [0, 0.05) is 6.16 Å². The maximum absolute atomic E-state index is 10.2. The molecule has 0 spiro atoms. The summed E-state index contributed by atoms with van der Waals surface area (Å²) in [6, 6.07) is 21.1. The molecule has 1 atom stereocenters. The van der Waals surface area contributed by atoms with Crippen LogP contribution in [0.1, 0.15) is 13.8 Å². The smallest absolute Gasteiger partial charge is 0.0608 e. The van der Waals surface area contributed by atoms with Gasteiger partial charge in [-0.25, -0.2) is 0 Å². The largest absolute Gasteiger partial charge is 0.392 e. The summed E-state index contributed by atoms with van der Waals surface area (Å²) in [7, 11) is -0.473. The summed E-state index contributed by atoms with van der Waals surface area (Å²) >= 11 is 0. The van der Waals surface area contributed by atoms with Crippen LogP contribution in [0.3, 0.4) is 0 Å². The van der Waals surface area contributed by atoms with Crippen molar-refractivity contribution in [1.29, 1.82) is 0 Å². The molecule has 0 saturated heterocycles. The third-order valence-electron chi connectivity index (χ3n) is 3.27. The van der Waals surface area contributed by atoms with Crippen LogP contribution >= 0.6 is 7.92 Å². The number of benzene rings is 2. The molecule has 0 aliphatic heterocycles. The molecule has 19 heavy (non-hydrogen) atoms. The van der Waals surface area contributed by atoms with Gasteiger partial charge in [-0.15, -0.1) is 0 Å². The quantitative estimate of drug-likeness (QED) is 0.829. The molecule has 0 aliphatic rings. The standard InChI is InChI=1S/C17H21OP/c1-14(2)17(18)13-19(15-9-5-3-6-10-15)16-11-7-4-8-12-16/h3-12,14,17-18H,13H2,1-2H3. The highest BCUT2D eigenvalue weighted by atomic mass is 31.1. The summed E-state index contributed by atoms with van der Waals surface area (Å²) in [6.45, 7) is 4.16. The lowest BCUT2D eigenvalue weighted by atomic mass is 10.1. The minimum absolute atomic E-state index is 0.244. The van der Waals surface area contributed by atoms with E-state index in [-0.39, 0.29) is 6.10 Å². The first-order valence-electron chi connectivity index (χ1n) is 6.74. The Morgan fingerprint density at radius 3 is 1.63 bits per heavy atom. The zero-order valence-corrected chi connectivity index (χ0v) is 12.4. The van der Waals surface area contributed by atoms with Gasteiger partial charge in [0.15, 0.2) is 0 Å².